The monoisotopic (exact) mass is 271 g/mol. The predicted octanol–water partition coefficient (Wildman–Crippen LogP) is 2.53. The van der Waals surface area contributed by atoms with Crippen LogP contribution in [0.1, 0.15) is 25.7 Å². The molecule has 82 valence electrons. The largest absolute Gasteiger partial charge is 0.357 e. The molecule has 0 amide bonds. The van der Waals surface area contributed by atoms with Crippen molar-refractivity contribution in [3.8, 4) is 0 Å². The molecule has 1 aliphatic carbocycles. The van der Waals surface area contributed by atoms with Crippen LogP contribution in [-0.4, -0.2) is 10.7 Å². The zero-order valence-corrected chi connectivity index (χ0v) is 10.1. The fraction of sp³-hybridized carbons (Fsp3) is 0.545. The SMILES string of the molecule is O=c1c(Br)cccn1COC1CCCC1. The Balaban J connectivity index is 1.98. The van der Waals surface area contributed by atoms with Crippen LogP contribution in [0.15, 0.2) is 27.6 Å². The molecule has 2 rings (SSSR count). The highest BCUT2D eigenvalue weighted by molar-refractivity contribution is 9.10. The zero-order valence-electron chi connectivity index (χ0n) is 8.49. The van der Waals surface area contributed by atoms with Crippen LogP contribution in [-0.2, 0) is 11.5 Å². The number of ether oxygens (including phenoxy) is 1. The molecule has 0 unspecified atom stereocenters. The third-order valence-electron chi connectivity index (χ3n) is 2.73. The van der Waals surface area contributed by atoms with Gasteiger partial charge < -0.3 is 4.74 Å². The van der Waals surface area contributed by atoms with E-state index in [0.29, 0.717) is 17.3 Å². The standard InChI is InChI=1S/C11H14BrNO2/c12-10-6-3-7-13(11(10)14)8-15-9-4-1-2-5-9/h3,6-7,9H,1-2,4-5,8H2. The normalized spacial score (nSPS) is 17.1. The Hall–Kier alpha value is -0.610. The minimum atomic E-state index is -0.0319. The smallest absolute Gasteiger partial charge is 0.266 e. The lowest BCUT2D eigenvalue weighted by atomic mass is 10.3. The van der Waals surface area contributed by atoms with E-state index >= 15 is 0 Å². The molecule has 0 spiro atoms. The number of pyridine rings is 1. The van der Waals surface area contributed by atoms with Gasteiger partial charge >= 0.3 is 0 Å². The maximum absolute atomic E-state index is 11.6. The van der Waals surface area contributed by atoms with Crippen molar-refractivity contribution in [2.45, 2.75) is 38.5 Å². The summed E-state index contributed by atoms with van der Waals surface area (Å²) in [5.41, 5.74) is -0.0319. The second kappa shape index (κ2) is 4.94. The van der Waals surface area contributed by atoms with Crippen molar-refractivity contribution < 1.29 is 4.74 Å². The lowest BCUT2D eigenvalue weighted by molar-refractivity contribution is 0.00968. The molecule has 1 aromatic heterocycles. The molecule has 1 aliphatic rings. The molecule has 1 heterocycles. The van der Waals surface area contributed by atoms with E-state index < -0.39 is 0 Å². The molecular weight excluding hydrogens is 258 g/mol. The van der Waals surface area contributed by atoms with E-state index in [0.717, 1.165) is 12.8 Å². The second-order valence-electron chi connectivity index (χ2n) is 3.83. The Morgan fingerprint density at radius 3 is 2.93 bits per heavy atom. The van der Waals surface area contributed by atoms with Gasteiger partial charge in [0.25, 0.3) is 5.56 Å². The summed E-state index contributed by atoms with van der Waals surface area (Å²) in [5.74, 6) is 0. The molecule has 4 heteroatoms. The highest BCUT2D eigenvalue weighted by Crippen LogP contribution is 2.20. The van der Waals surface area contributed by atoms with Crippen LogP contribution in [0.5, 0.6) is 0 Å². The van der Waals surface area contributed by atoms with Gasteiger partial charge in [0.1, 0.15) is 6.73 Å². The Kier molecular flexibility index (Phi) is 3.59. The quantitative estimate of drug-likeness (QED) is 0.846. The fourth-order valence-electron chi connectivity index (χ4n) is 1.85. The molecule has 0 atom stereocenters. The molecule has 0 aromatic carbocycles. The molecule has 3 nitrogen and oxygen atoms in total. The molecule has 0 saturated heterocycles. The maximum atomic E-state index is 11.6. The van der Waals surface area contributed by atoms with Gasteiger partial charge in [-0.25, -0.2) is 0 Å². The van der Waals surface area contributed by atoms with E-state index in [-0.39, 0.29) is 5.56 Å². The van der Waals surface area contributed by atoms with Crippen molar-refractivity contribution in [3.05, 3.63) is 33.2 Å². The summed E-state index contributed by atoms with van der Waals surface area (Å²) in [7, 11) is 0. The zero-order chi connectivity index (χ0) is 10.7. The van der Waals surface area contributed by atoms with Crippen LogP contribution in [0.4, 0.5) is 0 Å². The van der Waals surface area contributed by atoms with Crippen LogP contribution < -0.4 is 5.56 Å². The molecular formula is C11H14BrNO2. The van der Waals surface area contributed by atoms with Crippen molar-refractivity contribution in [2.75, 3.05) is 0 Å². The van der Waals surface area contributed by atoms with Gasteiger partial charge in [-0.3, -0.25) is 9.36 Å². The Morgan fingerprint density at radius 2 is 2.20 bits per heavy atom. The highest BCUT2D eigenvalue weighted by Gasteiger charge is 2.15. The average molecular weight is 272 g/mol. The second-order valence-corrected chi connectivity index (χ2v) is 4.69. The number of hydrogen-bond acceptors (Lipinski definition) is 2. The first-order valence-corrected chi connectivity index (χ1v) is 6.03. The molecule has 0 N–H and O–H groups in total. The van der Waals surface area contributed by atoms with E-state index in [1.165, 1.54) is 12.8 Å². The first-order valence-electron chi connectivity index (χ1n) is 5.24. The summed E-state index contributed by atoms with van der Waals surface area (Å²) in [6.45, 7) is 0.364. The third-order valence-corrected chi connectivity index (χ3v) is 3.33. The van der Waals surface area contributed by atoms with Crippen molar-refractivity contribution in [2.24, 2.45) is 0 Å². The van der Waals surface area contributed by atoms with E-state index in [2.05, 4.69) is 15.9 Å². The van der Waals surface area contributed by atoms with Crippen LogP contribution in [0, 0.1) is 0 Å². The van der Waals surface area contributed by atoms with Crippen LogP contribution in [0.25, 0.3) is 0 Å². The minimum Gasteiger partial charge on any atom is -0.357 e. The van der Waals surface area contributed by atoms with Gasteiger partial charge in [0.2, 0.25) is 0 Å². The lowest BCUT2D eigenvalue weighted by Crippen LogP contribution is -2.23. The number of hydrogen-bond donors (Lipinski definition) is 0. The van der Waals surface area contributed by atoms with E-state index in [1.807, 2.05) is 6.07 Å². The van der Waals surface area contributed by atoms with E-state index in [9.17, 15) is 4.79 Å². The first kappa shape index (κ1) is 10.9. The van der Waals surface area contributed by atoms with Crippen molar-refractivity contribution in [1.29, 1.82) is 0 Å². The summed E-state index contributed by atoms with van der Waals surface area (Å²) in [6.07, 6.45) is 6.85. The number of halogens is 1. The van der Waals surface area contributed by atoms with Crippen molar-refractivity contribution >= 4 is 15.9 Å². The summed E-state index contributed by atoms with van der Waals surface area (Å²) in [5, 5.41) is 0. The van der Waals surface area contributed by atoms with Gasteiger partial charge in [-0.2, -0.15) is 0 Å². The van der Waals surface area contributed by atoms with Crippen LogP contribution in [0.2, 0.25) is 0 Å². The fourth-order valence-corrected chi connectivity index (χ4v) is 2.23. The summed E-state index contributed by atoms with van der Waals surface area (Å²) in [6, 6.07) is 3.58. The van der Waals surface area contributed by atoms with Gasteiger partial charge in [-0.15, -0.1) is 0 Å². The third kappa shape index (κ3) is 2.69. The van der Waals surface area contributed by atoms with Gasteiger partial charge in [-0.1, -0.05) is 12.8 Å². The molecule has 1 aromatic rings. The van der Waals surface area contributed by atoms with Crippen molar-refractivity contribution in [1.82, 2.24) is 4.57 Å². The van der Waals surface area contributed by atoms with E-state index in [1.54, 1.807) is 16.8 Å². The number of rotatable bonds is 3. The Labute approximate surface area is 97.2 Å². The molecule has 1 saturated carbocycles. The molecule has 0 radical (unpaired) electrons. The van der Waals surface area contributed by atoms with Crippen molar-refractivity contribution in [3.63, 3.8) is 0 Å². The Morgan fingerprint density at radius 1 is 1.47 bits per heavy atom. The van der Waals surface area contributed by atoms with E-state index in [4.69, 9.17) is 4.74 Å². The number of nitrogens with zero attached hydrogens (tertiary/aromatic N) is 1. The molecule has 1 fully saturated rings. The first-order chi connectivity index (χ1) is 7.27. The topological polar surface area (TPSA) is 31.2 Å². The van der Waals surface area contributed by atoms with Gasteiger partial charge in [0.15, 0.2) is 0 Å². The van der Waals surface area contributed by atoms with Crippen LogP contribution in [0.3, 0.4) is 0 Å². The van der Waals surface area contributed by atoms with Gasteiger partial charge in [0.05, 0.1) is 10.6 Å². The van der Waals surface area contributed by atoms with Gasteiger partial charge in [0, 0.05) is 6.20 Å². The van der Waals surface area contributed by atoms with Gasteiger partial charge in [-0.05, 0) is 40.9 Å². The average Bonchev–Trinajstić information content (AvgIpc) is 2.73. The minimum absolute atomic E-state index is 0.0319. The maximum Gasteiger partial charge on any atom is 0.266 e. The molecule has 0 aliphatic heterocycles. The highest BCUT2D eigenvalue weighted by atomic mass is 79.9. The summed E-state index contributed by atoms with van der Waals surface area (Å²) >= 11 is 3.21. The Bertz CT molecular complexity index is 382. The molecule has 15 heavy (non-hydrogen) atoms. The lowest BCUT2D eigenvalue weighted by Gasteiger charge is -2.12. The van der Waals surface area contributed by atoms with Crippen LogP contribution >= 0.6 is 15.9 Å². The number of aromatic nitrogens is 1. The molecule has 0 bridgehead atoms. The summed E-state index contributed by atoms with van der Waals surface area (Å²) < 4.78 is 7.84. The summed E-state index contributed by atoms with van der Waals surface area (Å²) in [4.78, 5) is 11.6. The predicted molar refractivity (Wildman–Crippen MR) is 61.7 cm³/mol.